The fraction of sp³-hybridized carbons (Fsp3) is 0. The Morgan fingerprint density at radius 1 is 1.05 bits per heavy atom. The number of benzene rings is 2. The Bertz CT molecular complexity index is 1030. The van der Waals surface area contributed by atoms with E-state index in [1.807, 2.05) is 48.5 Å². The van der Waals surface area contributed by atoms with Gasteiger partial charge in [-0.2, -0.15) is 5.10 Å². The van der Waals surface area contributed by atoms with Gasteiger partial charge in [-0.15, -0.1) is 0 Å². The molecular formula is C16H10BrN3O. The first-order chi connectivity index (χ1) is 10.2. The van der Waals surface area contributed by atoms with Crippen LogP contribution < -0.4 is 5.56 Å². The van der Waals surface area contributed by atoms with Gasteiger partial charge in [-0.05, 0) is 24.3 Å². The van der Waals surface area contributed by atoms with Crippen LogP contribution in [-0.4, -0.2) is 14.6 Å². The van der Waals surface area contributed by atoms with Crippen LogP contribution in [0, 0.1) is 0 Å². The molecule has 4 rings (SSSR count). The third-order valence-corrected chi connectivity index (χ3v) is 3.94. The maximum atomic E-state index is 12.1. The highest BCUT2D eigenvalue weighted by Crippen LogP contribution is 2.23. The number of aromatic amines is 1. The van der Waals surface area contributed by atoms with E-state index in [0.717, 1.165) is 21.2 Å². The van der Waals surface area contributed by atoms with Crippen LogP contribution in [-0.2, 0) is 0 Å². The van der Waals surface area contributed by atoms with Crippen molar-refractivity contribution in [1.82, 2.24) is 14.6 Å². The molecular weight excluding hydrogens is 330 g/mol. The fourth-order valence-corrected chi connectivity index (χ4v) is 2.88. The number of nitrogens with zero attached hydrogens (tertiary/aromatic N) is 2. The van der Waals surface area contributed by atoms with Crippen LogP contribution in [0.2, 0.25) is 0 Å². The molecule has 1 N–H and O–H groups in total. The molecule has 4 aromatic rings. The Balaban J connectivity index is 2.07. The molecule has 0 aliphatic carbocycles. The fourth-order valence-electron chi connectivity index (χ4n) is 2.48. The molecule has 21 heavy (non-hydrogen) atoms. The lowest BCUT2D eigenvalue weighted by molar-refractivity contribution is 0.981. The Morgan fingerprint density at radius 2 is 1.90 bits per heavy atom. The van der Waals surface area contributed by atoms with E-state index < -0.39 is 0 Å². The van der Waals surface area contributed by atoms with Crippen molar-refractivity contribution < 1.29 is 0 Å². The minimum Gasteiger partial charge on any atom is -0.306 e. The van der Waals surface area contributed by atoms with Crippen LogP contribution in [0.25, 0.3) is 27.8 Å². The first-order valence-corrected chi connectivity index (χ1v) is 7.28. The first-order valence-electron chi connectivity index (χ1n) is 6.49. The molecule has 0 fully saturated rings. The summed E-state index contributed by atoms with van der Waals surface area (Å²) < 4.78 is 2.77. The molecule has 0 saturated carbocycles. The van der Waals surface area contributed by atoms with Crippen molar-refractivity contribution in [3.05, 3.63) is 69.4 Å². The molecule has 0 aliphatic rings. The average molecular weight is 340 g/mol. The lowest BCUT2D eigenvalue weighted by Gasteiger charge is -1.99. The summed E-state index contributed by atoms with van der Waals surface area (Å²) in [7, 11) is 0. The van der Waals surface area contributed by atoms with Crippen molar-refractivity contribution in [2.75, 3.05) is 0 Å². The highest BCUT2D eigenvalue weighted by molar-refractivity contribution is 9.10. The number of para-hydroxylation sites is 1. The lowest BCUT2D eigenvalue weighted by atomic mass is 10.2. The molecule has 2 heterocycles. The van der Waals surface area contributed by atoms with Crippen LogP contribution >= 0.6 is 15.9 Å². The minimum absolute atomic E-state index is 0.0983. The Hall–Kier alpha value is -2.40. The van der Waals surface area contributed by atoms with Gasteiger partial charge in [0.05, 0.1) is 16.6 Å². The second kappa shape index (κ2) is 4.56. The Morgan fingerprint density at radius 3 is 2.76 bits per heavy atom. The molecule has 0 radical (unpaired) electrons. The second-order valence-electron chi connectivity index (χ2n) is 4.81. The number of hydrogen-bond acceptors (Lipinski definition) is 2. The van der Waals surface area contributed by atoms with Crippen LogP contribution in [0.3, 0.4) is 0 Å². The van der Waals surface area contributed by atoms with Crippen molar-refractivity contribution >= 4 is 32.5 Å². The van der Waals surface area contributed by atoms with E-state index in [0.29, 0.717) is 11.0 Å². The summed E-state index contributed by atoms with van der Waals surface area (Å²) in [4.78, 5) is 15.0. The molecule has 5 heteroatoms. The maximum absolute atomic E-state index is 12.1. The Kier molecular flexibility index (Phi) is 2.68. The summed E-state index contributed by atoms with van der Waals surface area (Å²) in [5.41, 5.74) is 3.21. The van der Waals surface area contributed by atoms with Crippen LogP contribution in [0.1, 0.15) is 0 Å². The second-order valence-corrected chi connectivity index (χ2v) is 5.72. The molecule has 0 atom stereocenters. The molecule has 0 unspecified atom stereocenters. The zero-order chi connectivity index (χ0) is 14.4. The summed E-state index contributed by atoms with van der Waals surface area (Å²) in [6.07, 6.45) is 0. The highest BCUT2D eigenvalue weighted by atomic mass is 79.9. The van der Waals surface area contributed by atoms with Crippen LogP contribution in [0.4, 0.5) is 0 Å². The van der Waals surface area contributed by atoms with Gasteiger partial charge in [-0.1, -0.05) is 40.2 Å². The highest BCUT2D eigenvalue weighted by Gasteiger charge is 2.09. The lowest BCUT2D eigenvalue weighted by Crippen LogP contribution is -2.09. The van der Waals surface area contributed by atoms with Crippen molar-refractivity contribution in [2.45, 2.75) is 0 Å². The van der Waals surface area contributed by atoms with E-state index in [1.54, 1.807) is 10.6 Å². The minimum atomic E-state index is -0.0983. The van der Waals surface area contributed by atoms with Gasteiger partial charge in [0, 0.05) is 16.1 Å². The largest absolute Gasteiger partial charge is 0.306 e. The molecule has 102 valence electrons. The number of aromatic nitrogens is 3. The third kappa shape index (κ3) is 1.97. The molecule has 4 nitrogen and oxygen atoms in total. The third-order valence-electron chi connectivity index (χ3n) is 3.45. The van der Waals surface area contributed by atoms with E-state index in [1.165, 1.54) is 0 Å². The van der Waals surface area contributed by atoms with Crippen molar-refractivity contribution in [3.8, 4) is 11.3 Å². The number of halogens is 1. The summed E-state index contributed by atoms with van der Waals surface area (Å²) in [6.45, 7) is 0. The predicted octanol–water partition coefficient (Wildman–Crippen LogP) is 3.61. The first kappa shape index (κ1) is 12.3. The molecule has 0 spiro atoms. The number of fused-ring (bicyclic) bond motifs is 3. The van der Waals surface area contributed by atoms with Gasteiger partial charge in [0.15, 0.2) is 0 Å². The average Bonchev–Trinajstić information content (AvgIpc) is 2.92. The molecule has 0 aliphatic heterocycles. The van der Waals surface area contributed by atoms with Crippen LogP contribution in [0.15, 0.2) is 63.9 Å². The Labute approximate surface area is 128 Å². The van der Waals surface area contributed by atoms with E-state index in [4.69, 9.17) is 0 Å². The van der Waals surface area contributed by atoms with E-state index in [9.17, 15) is 4.79 Å². The number of hydrogen-bond donors (Lipinski definition) is 1. The summed E-state index contributed by atoms with van der Waals surface area (Å²) in [6, 6.07) is 17.3. The molecule has 0 bridgehead atoms. The molecule has 0 saturated heterocycles. The molecule has 2 aromatic heterocycles. The van der Waals surface area contributed by atoms with E-state index in [-0.39, 0.29) is 5.56 Å². The van der Waals surface area contributed by atoms with Gasteiger partial charge in [0.1, 0.15) is 5.65 Å². The van der Waals surface area contributed by atoms with Gasteiger partial charge < -0.3 is 4.98 Å². The van der Waals surface area contributed by atoms with Gasteiger partial charge in [-0.25, -0.2) is 4.52 Å². The van der Waals surface area contributed by atoms with E-state index in [2.05, 4.69) is 26.0 Å². The topological polar surface area (TPSA) is 50.2 Å². The molecule has 2 aromatic carbocycles. The smallest absolute Gasteiger partial charge is 0.259 e. The monoisotopic (exact) mass is 339 g/mol. The standard InChI is InChI=1S/C16H10BrN3O/c17-11-5-3-4-10(8-11)13-9-15-18-16(21)12-6-1-2-7-14(12)20(15)19-13/h1-9H,(H,18,21). The van der Waals surface area contributed by atoms with E-state index >= 15 is 0 Å². The quantitative estimate of drug-likeness (QED) is 0.576. The summed E-state index contributed by atoms with van der Waals surface area (Å²) in [5.74, 6) is 0. The summed E-state index contributed by atoms with van der Waals surface area (Å²) in [5, 5.41) is 5.25. The number of rotatable bonds is 1. The maximum Gasteiger partial charge on any atom is 0.259 e. The van der Waals surface area contributed by atoms with Crippen molar-refractivity contribution in [1.29, 1.82) is 0 Å². The normalized spacial score (nSPS) is 11.3. The van der Waals surface area contributed by atoms with Crippen LogP contribution in [0.5, 0.6) is 0 Å². The van der Waals surface area contributed by atoms with Gasteiger partial charge in [0.2, 0.25) is 0 Å². The SMILES string of the molecule is O=c1[nH]c2cc(-c3cccc(Br)c3)nn2c2ccccc12. The van der Waals surface area contributed by atoms with Gasteiger partial charge in [-0.3, -0.25) is 4.79 Å². The van der Waals surface area contributed by atoms with Crippen molar-refractivity contribution in [3.63, 3.8) is 0 Å². The predicted molar refractivity (Wildman–Crippen MR) is 86.5 cm³/mol. The zero-order valence-electron chi connectivity index (χ0n) is 10.9. The zero-order valence-corrected chi connectivity index (χ0v) is 12.5. The number of H-pyrrole nitrogens is 1. The summed E-state index contributed by atoms with van der Waals surface area (Å²) >= 11 is 3.46. The molecule has 0 amide bonds. The number of nitrogens with one attached hydrogen (secondary N) is 1. The van der Waals surface area contributed by atoms with Crippen molar-refractivity contribution in [2.24, 2.45) is 0 Å². The van der Waals surface area contributed by atoms with Gasteiger partial charge in [0.25, 0.3) is 5.56 Å². The van der Waals surface area contributed by atoms with Gasteiger partial charge >= 0.3 is 0 Å².